The fraction of sp³-hybridized carbons (Fsp3) is 1.00. The van der Waals surface area contributed by atoms with Crippen LogP contribution in [-0.4, -0.2) is 13.2 Å². The second-order valence-electron chi connectivity index (χ2n) is 0.830. The fourth-order valence-electron chi connectivity index (χ4n) is 0. The molecule has 0 aliphatic heterocycles. The molecule has 3 heteroatoms. The Hall–Kier alpha value is 0.795. The van der Waals surface area contributed by atoms with Crippen molar-refractivity contribution in [2.45, 2.75) is 6.92 Å². The molecule has 0 spiro atoms. The summed E-state index contributed by atoms with van der Waals surface area (Å²) in [7, 11) is 7.90. The summed E-state index contributed by atoms with van der Waals surface area (Å²) in [4.78, 5) is 0. The number of hydrogen-bond donors (Lipinski definition) is 0. The Kier molecular flexibility index (Phi) is 3.48. The van der Waals surface area contributed by atoms with E-state index in [9.17, 15) is 0 Å². The second-order valence-corrected chi connectivity index (χ2v) is 4.48. The molecule has 0 fully saturated rings. The standard InChI is InChI=1S/C2H7BP2/c1-2-5(3)4/h2,4H2,1H3. The van der Waals surface area contributed by atoms with Gasteiger partial charge >= 0.3 is 35.9 Å². The monoisotopic (exact) mass is 104 g/mol. The van der Waals surface area contributed by atoms with Crippen LogP contribution in [0.3, 0.4) is 0 Å². The summed E-state index contributed by atoms with van der Waals surface area (Å²) in [5.41, 5.74) is 0. The summed E-state index contributed by atoms with van der Waals surface area (Å²) in [6, 6.07) is 0. The minimum atomic E-state index is -0.182. The van der Waals surface area contributed by atoms with Crippen molar-refractivity contribution in [3.8, 4) is 0 Å². The van der Waals surface area contributed by atoms with Gasteiger partial charge in [0.2, 0.25) is 0 Å². The van der Waals surface area contributed by atoms with Gasteiger partial charge in [0.05, 0.1) is 0 Å². The van der Waals surface area contributed by atoms with Gasteiger partial charge in [-0.25, -0.2) is 0 Å². The van der Waals surface area contributed by atoms with Gasteiger partial charge in [-0.05, 0) is 0 Å². The van der Waals surface area contributed by atoms with Crippen LogP contribution in [0.5, 0.6) is 0 Å². The molecule has 0 nitrogen and oxygen atoms in total. The molecule has 0 rings (SSSR count). The molecular formula is C2H7BP2. The molecule has 0 bridgehead atoms. The Morgan fingerprint density at radius 2 is 2.20 bits per heavy atom. The van der Waals surface area contributed by atoms with Crippen molar-refractivity contribution in [3.05, 3.63) is 0 Å². The average molecular weight is 104 g/mol. The van der Waals surface area contributed by atoms with Gasteiger partial charge in [0, 0.05) is 0 Å². The van der Waals surface area contributed by atoms with E-state index in [-0.39, 0.29) is 6.93 Å². The molecule has 0 saturated carbocycles. The molecule has 2 atom stereocenters. The van der Waals surface area contributed by atoms with E-state index in [4.69, 9.17) is 7.01 Å². The van der Waals surface area contributed by atoms with Crippen molar-refractivity contribution >= 4 is 22.9 Å². The van der Waals surface area contributed by atoms with Gasteiger partial charge in [0.15, 0.2) is 0 Å². The Morgan fingerprint density at radius 3 is 2.20 bits per heavy atom. The summed E-state index contributed by atoms with van der Waals surface area (Å²) in [6.07, 6.45) is 1.11. The van der Waals surface area contributed by atoms with Crippen molar-refractivity contribution in [1.82, 2.24) is 0 Å². The normalized spacial score (nSPS) is 11.6. The molecule has 0 aromatic heterocycles. The average Bonchev–Trinajstić information content (AvgIpc) is 1.38. The second kappa shape index (κ2) is 3.00. The van der Waals surface area contributed by atoms with Gasteiger partial charge in [0.1, 0.15) is 0 Å². The Bertz CT molecular complexity index is 69.5. The Balaban J connectivity index is 2.97. The van der Waals surface area contributed by atoms with Crippen molar-refractivity contribution in [2.24, 2.45) is 0 Å². The van der Waals surface area contributed by atoms with Gasteiger partial charge in [-0.1, -0.05) is 0 Å². The first kappa shape index (κ1) is 5.79. The van der Waals surface area contributed by atoms with Crippen LogP contribution in [0, 0.1) is 0 Å². The zero-order valence-corrected chi connectivity index (χ0v) is 5.36. The summed E-state index contributed by atoms with van der Waals surface area (Å²) < 4.78 is 0. The van der Waals surface area contributed by atoms with Crippen LogP contribution < -0.4 is 0 Å². The fourth-order valence-corrected chi connectivity index (χ4v) is 0. The first-order valence-electron chi connectivity index (χ1n) is 1.54. The SMILES string of the molecule is B#P(P)CC. The third-order valence-electron chi connectivity index (χ3n) is 0.365. The predicted octanol–water partition coefficient (Wildman–Crippen LogP) is 1.36. The van der Waals surface area contributed by atoms with Gasteiger partial charge in [-0.15, -0.1) is 0 Å². The summed E-state index contributed by atoms with van der Waals surface area (Å²) >= 11 is 0. The van der Waals surface area contributed by atoms with Gasteiger partial charge in [-0.2, -0.15) is 0 Å². The van der Waals surface area contributed by atoms with Crippen molar-refractivity contribution in [1.29, 1.82) is 0 Å². The van der Waals surface area contributed by atoms with Crippen LogP contribution in [0.15, 0.2) is 0 Å². The van der Waals surface area contributed by atoms with E-state index in [0.717, 1.165) is 6.16 Å². The Labute approximate surface area is 36.8 Å². The van der Waals surface area contributed by atoms with E-state index < -0.39 is 0 Å². The third-order valence-corrected chi connectivity index (χ3v) is 2.19. The molecule has 28 valence electrons. The molecule has 0 radical (unpaired) electrons. The number of hydrogen-bond acceptors (Lipinski definition) is 0. The van der Waals surface area contributed by atoms with Crippen molar-refractivity contribution in [3.63, 3.8) is 0 Å². The molecule has 0 aliphatic rings. The molecule has 0 amide bonds. The van der Waals surface area contributed by atoms with Gasteiger partial charge in [0.25, 0.3) is 0 Å². The molecule has 0 heterocycles. The van der Waals surface area contributed by atoms with Crippen LogP contribution in [0.1, 0.15) is 6.92 Å². The first-order chi connectivity index (χ1) is 2.27. The van der Waals surface area contributed by atoms with Crippen LogP contribution in [0.2, 0.25) is 0 Å². The van der Waals surface area contributed by atoms with Gasteiger partial charge < -0.3 is 0 Å². The van der Waals surface area contributed by atoms with E-state index in [2.05, 4.69) is 15.9 Å². The van der Waals surface area contributed by atoms with Crippen molar-refractivity contribution < 1.29 is 0 Å². The molecule has 0 aromatic rings. The molecule has 0 N–H and O–H groups in total. The molecule has 0 aromatic carbocycles. The Morgan fingerprint density at radius 1 is 2.00 bits per heavy atom. The van der Waals surface area contributed by atoms with Crippen LogP contribution in [0.4, 0.5) is 0 Å². The van der Waals surface area contributed by atoms with E-state index in [1.165, 1.54) is 0 Å². The van der Waals surface area contributed by atoms with E-state index in [0.29, 0.717) is 0 Å². The zero-order chi connectivity index (χ0) is 4.28. The summed E-state index contributed by atoms with van der Waals surface area (Å²) in [5.74, 6) is 0. The predicted molar refractivity (Wildman–Crippen MR) is 32.9 cm³/mol. The van der Waals surface area contributed by atoms with E-state index in [1.807, 2.05) is 0 Å². The minimum absolute atomic E-state index is 0.182. The van der Waals surface area contributed by atoms with Gasteiger partial charge in [-0.3, -0.25) is 0 Å². The van der Waals surface area contributed by atoms with Crippen LogP contribution in [0.25, 0.3) is 0 Å². The quantitative estimate of drug-likeness (QED) is 0.321. The summed E-state index contributed by atoms with van der Waals surface area (Å²) in [6.45, 7) is 1.90. The van der Waals surface area contributed by atoms with Crippen LogP contribution in [-0.2, 0) is 0 Å². The maximum absolute atomic E-state index is 5.32. The molecule has 5 heavy (non-hydrogen) atoms. The number of rotatable bonds is 0. The topological polar surface area (TPSA) is 0 Å². The maximum atomic E-state index is 5.32. The molecule has 2 unspecified atom stereocenters. The van der Waals surface area contributed by atoms with E-state index >= 15 is 0 Å². The van der Waals surface area contributed by atoms with E-state index in [1.54, 1.807) is 0 Å². The molecule has 0 saturated heterocycles. The zero-order valence-electron chi connectivity index (χ0n) is 3.31. The molecule has 0 aliphatic carbocycles. The first-order valence-corrected chi connectivity index (χ1v) is 4.75. The van der Waals surface area contributed by atoms with Crippen LogP contribution >= 0.6 is 15.9 Å². The van der Waals surface area contributed by atoms with Crippen molar-refractivity contribution in [2.75, 3.05) is 6.16 Å². The summed E-state index contributed by atoms with van der Waals surface area (Å²) in [5, 5.41) is 0. The molecular weight excluding hydrogens is 96.8 g/mol. The third kappa shape index (κ3) is 4.79.